The molecule has 1 atom stereocenters. The molecule has 0 spiro atoms. The standard InChI is InChI=1S/C17H33N5O2.HI/c1-4-18-17(22-7-5-21(6-8-22)16(3)23)19-13-15(2)14-20-9-11-24-12-10-20;/h15H,4-14H2,1-3H3,(H,18,19);1H. The Labute approximate surface area is 169 Å². The van der Waals surface area contributed by atoms with Gasteiger partial charge < -0.3 is 19.9 Å². The first-order chi connectivity index (χ1) is 11.6. The summed E-state index contributed by atoms with van der Waals surface area (Å²) in [6, 6.07) is 0. The molecule has 25 heavy (non-hydrogen) atoms. The van der Waals surface area contributed by atoms with Gasteiger partial charge in [0.05, 0.1) is 13.2 Å². The smallest absolute Gasteiger partial charge is 0.219 e. The lowest BCUT2D eigenvalue weighted by molar-refractivity contribution is -0.130. The lowest BCUT2D eigenvalue weighted by atomic mass is 10.1. The molecule has 7 nitrogen and oxygen atoms in total. The minimum absolute atomic E-state index is 0. The zero-order valence-corrected chi connectivity index (χ0v) is 18.2. The second kappa shape index (κ2) is 11.9. The maximum absolute atomic E-state index is 11.5. The fraction of sp³-hybridized carbons (Fsp3) is 0.882. The molecule has 1 N–H and O–H groups in total. The van der Waals surface area contributed by atoms with Crippen molar-refractivity contribution in [1.82, 2.24) is 20.0 Å². The molecule has 2 aliphatic heterocycles. The zero-order valence-electron chi connectivity index (χ0n) is 15.9. The van der Waals surface area contributed by atoms with Crippen LogP contribution in [0.15, 0.2) is 4.99 Å². The summed E-state index contributed by atoms with van der Waals surface area (Å²) in [6.45, 7) is 15.8. The summed E-state index contributed by atoms with van der Waals surface area (Å²) in [7, 11) is 0. The molecular weight excluding hydrogens is 433 g/mol. The van der Waals surface area contributed by atoms with Crippen LogP contribution in [0, 0.1) is 5.92 Å². The number of halogens is 1. The number of rotatable bonds is 5. The summed E-state index contributed by atoms with van der Waals surface area (Å²) in [5.41, 5.74) is 0. The predicted octanol–water partition coefficient (Wildman–Crippen LogP) is 0.702. The molecule has 2 rings (SSSR count). The maximum Gasteiger partial charge on any atom is 0.219 e. The summed E-state index contributed by atoms with van der Waals surface area (Å²) in [6.07, 6.45) is 0. The first-order valence-electron chi connectivity index (χ1n) is 9.19. The van der Waals surface area contributed by atoms with E-state index in [2.05, 4.69) is 29.0 Å². The summed E-state index contributed by atoms with van der Waals surface area (Å²) < 4.78 is 5.40. The number of ether oxygens (including phenoxy) is 1. The maximum atomic E-state index is 11.5. The molecule has 2 aliphatic rings. The van der Waals surface area contributed by atoms with Crippen LogP contribution in [0.4, 0.5) is 0 Å². The number of aliphatic imine (C=N–C) groups is 1. The molecule has 8 heteroatoms. The number of nitrogens with one attached hydrogen (secondary N) is 1. The van der Waals surface area contributed by atoms with Gasteiger partial charge >= 0.3 is 0 Å². The molecule has 0 bridgehead atoms. The third-order valence-electron chi connectivity index (χ3n) is 4.59. The number of guanidine groups is 1. The molecule has 0 saturated carbocycles. The van der Waals surface area contributed by atoms with E-state index in [-0.39, 0.29) is 29.9 Å². The third kappa shape index (κ3) is 7.65. The normalized spacial score (nSPS) is 20.8. The second-order valence-electron chi connectivity index (χ2n) is 6.71. The Balaban J connectivity index is 0.00000312. The molecule has 2 fully saturated rings. The van der Waals surface area contributed by atoms with E-state index in [4.69, 9.17) is 9.73 Å². The van der Waals surface area contributed by atoms with Gasteiger partial charge in [-0.3, -0.25) is 14.7 Å². The fourth-order valence-corrected chi connectivity index (χ4v) is 3.18. The number of hydrogen-bond donors (Lipinski definition) is 1. The van der Waals surface area contributed by atoms with Crippen molar-refractivity contribution < 1.29 is 9.53 Å². The van der Waals surface area contributed by atoms with Gasteiger partial charge in [-0.05, 0) is 12.8 Å². The molecule has 0 aliphatic carbocycles. The Morgan fingerprint density at radius 2 is 1.72 bits per heavy atom. The van der Waals surface area contributed by atoms with E-state index in [1.807, 2.05) is 4.90 Å². The van der Waals surface area contributed by atoms with Crippen LogP contribution in [0.5, 0.6) is 0 Å². The molecule has 0 aromatic rings. The van der Waals surface area contributed by atoms with Crippen LogP contribution >= 0.6 is 24.0 Å². The Bertz CT molecular complexity index is 421. The van der Waals surface area contributed by atoms with Crippen LogP contribution in [-0.2, 0) is 9.53 Å². The quantitative estimate of drug-likeness (QED) is 0.367. The van der Waals surface area contributed by atoms with Gasteiger partial charge in [0.25, 0.3) is 0 Å². The lowest BCUT2D eigenvalue weighted by Crippen LogP contribution is -2.53. The van der Waals surface area contributed by atoms with Gasteiger partial charge in [-0.15, -0.1) is 24.0 Å². The van der Waals surface area contributed by atoms with Crippen molar-refractivity contribution in [2.75, 3.05) is 72.1 Å². The average Bonchev–Trinajstić information content (AvgIpc) is 2.59. The van der Waals surface area contributed by atoms with Crippen LogP contribution in [0.1, 0.15) is 20.8 Å². The van der Waals surface area contributed by atoms with Gasteiger partial charge in [0.1, 0.15) is 0 Å². The third-order valence-corrected chi connectivity index (χ3v) is 4.59. The number of amides is 1. The lowest BCUT2D eigenvalue weighted by Gasteiger charge is -2.36. The molecule has 0 radical (unpaired) electrons. The highest BCUT2D eigenvalue weighted by Gasteiger charge is 2.21. The Kier molecular flexibility index (Phi) is 10.7. The minimum Gasteiger partial charge on any atom is -0.379 e. The molecule has 0 aromatic heterocycles. The molecule has 0 aromatic carbocycles. The van der Waals surface area contributed by atoms with E-state index >= 15 is 0 Å². The van der Waals surface area contributed by atoms with Crippen molar-refractivity contribution >= 4 is 35.8 Å². The van der Waals surface area contributed by atoms with Crippen LogP contribution in [0.25, 0.3) is 0 Å². The molecule has 1 amide bonds. The van der Waals surface area contributed by atoms with E-state index in [1.165, 1.54) is 0 Å². The van der Waals surface area contributed by atoms with E-state index in [0.29, 0.717) is 5.92 Å². The number of morpholine rings is 1. The summed E-state index contributed by atoms with van der Waals surface area (Å²) in [5.74, 6) is 1.67. The topological polar surface area (TPSA) is 60.4 Å². The Morgan fingerprint density at radius 1 is 1.12 bits per heavy atom. The fourth-order valence-electron chi connectivity index (χ4n) is 3.18. The number of nitrogens with zero attached hydrogens (tertiary/aromatic N) is 4. The highest BCUT2D eigenvalue weighted by Crippen LogP contribution is 2.06. The van der Waals surface area contributed by atoms with Crippen LogP contribution in [-0.4, -0.2) is 98.7 Å². The number of hydrogen-bond acceptors (Lipinski definition) is 4. The Morgan fingerprint density at radius 3 is 2.28 bits per heavy atom. The van der Waals surface area contributed by atoms with E-state index in [9.17, 15) is 4.79 Å². The van der Waals surface area contributed by atoms with Crippen molar-refractivity contribution in [1.29, 1.82) is 0 Å². The number of piperazine rings is 1. The van der Waals surface area contributed by atoms with Crippen molar-refractivity contribution in [3.63, 3.8) is 0 Å². The van der Waals surface area contributed by atoms with Gasteiger partial charge in [0.2, 0.25) is 5.91 Å². The van der Waals surface area contributed by atoms with Crippen LogP contribution < -0.4 is 5.32 Å². The summed E-state index contributed by atoms with van der Waals surface area (Å²) >= 11 is 0. The van der Waals surface area contributed by atoms with Gasteiger partial charge in [0, 0.05) is 65.8 Å². The van der Waals surface area contributed by atoms with E-state index in [1.54, 1.807) is 6.92 Å². The van der Waals surface area contributed by atoms with Crippen molar-refractivity contribution in [2.24, 2.45) is 10.9 Å². The first kappa shape index (κ1) is 22.4. The molecule has 2 heterocycles. The van der Waals surface area contributed by atoms with Crippen molar-refractivity contribution in [3.05, 3.63) is 0 Å². The molecule has 2 saturated heterocycles. The van der Waals surface area contributed by atoms with Crippen LogP contribution in [0.3, 0.4) is 0 Å². The largest absolute Gasteiger partial charge is 0.379 e. The number of carbonyl (C=O) groups is 1. The SMILES string of the molecule is CCNC(=NCC(C)CN1CCOCC1)N1CCN(C(C)=O)CC1.I. The van der Waals surface area contributed by atoms with E-state index < -0.39 is 0 Å². The minimum atomic E-state index is 0. The summed E-state index contributed by atoms with van der Waals surface area (Å²) in [4.78, 5) is 22.9. The number of carbonyl (C=O) groups excluding carboxylic acids is 1. The second-order valence-corrected chi connectivity index (χ2v) is 6.71. The van der Waals surface area contributed by atoms with Gasteiger partial charge in [-0.25, -0.2) is 0 Å². The van der Waals surface area contributed by atoms with Gasteiger partial charge in [-0.2, -0.15) is 0 Å². The Hall–Kier alpha value is -0.610. The van der Waals surface area contributed by atoms with Crippen molar-refractivity contribution in [2.45, 2.75) is 20.8 Å². The predicted molar refractivity (Wildman–Crippen MR) is 112 cm³/mol. The summed E-state index contributed by atoms with van der Waals surface area (Å²) in [5, 5.41) is 3.39. The van der Waals surface area contributed by atoms with Crippen molar-refractivity contribution in [3.8, 4) is 0 Å². The van der Waals surface area contributed by atoms with Gasteiger partial charge in [-0.1, -0.05) is 6.92 Å². The molecule has 1 unspecified atom stereocenters. The molecular formula is C17H34IN5O2. The average molecular weight is 467 g/mol. The highest BCUT2D eigenvalue weighted by atomic mass is 127. The van der Waals surface area contributed by atoms with Crippen LogP contribution in [0.2, 0.25) is 0 Å². The van der Waals surface area contributed by atoms with E-state index in [0.717, 1.165) is 78.1 Å². The zero-order chi connectivity index (χ0) is 17.4. The highest BCUT2D eigenvalue weighted by molar-refractivity contribution is 14.0. The van der Waals surface area contributed by atoms with Gasteiger partial charge in [0.15, 0.2) is 5.96 Å². The monoisotopic (exact) mass is 467 g/mol. The molecule has 146 valence electrons. The first-order valence-corrected chi connectivity index (χ1v) is 9.19.